The number of rotatable bonds is 7. The van der Waals surface area contributed by atoms with E-state index in [1.807, 2.05) is 34.9 Å². The number of nitrogens with one attached hydrogen (secondary N) is 2. The normalized spacial score (nSPS) is 10.8. The predicted octanol–water partition coefficient (Wildman–Crippen LogP) is 4.20. The van der Waals surface area contributed by atoms with Crippen molar-refractivity contribution < 1.29 is 9.59 Å². The molecule has 2 heterocycles. The molecule has 0 aliphatic heterocycles. The summed E-state index contributed by atoms with van der Waals surface area (Å²) in [6.07, 6.45) is 1.76. The number of urea groups is 1. The van der Waals surface area contributed by atoms with Crippen LogP contribution in [0.4, 0.5) is 4.79 Å². The van der Waals surface area contributed by atoms with Gasteiger partial charge in [0.15, 0.2) is 11.0 Å². The molecule has 0 radical (unpaired) electrons. The van der Waals surface area contributed by atoms with Crippen LogP contribution in [-0.4, -0.2) is 44.5 Å². The minimum Gasteiger partial charge on any atom is -0.341 e. The number of benzene rings is 2. The molecular weight excluding hydrogens is 448 g/mol. The Balaban J connectivity index is 1.76. The van der Waals surface area contributed by atoms with Crippen LogP contribution in [0.3, 0.4) is 0 Å². The Bertz CT molecular complexity index is 1360. The number of allylic oxidation sites excluding steroid dienone is 1. The Labute approximate surface area is 201 Å². The van der Waals surface area contributed by atoms with Gasteiger partial charge < -0.3 is 5.32 Å². The zero-order valence-electron chi connectivity index (χ0n) is 18.9. The van der Waals surface area contributed by atoms with E-state index in [9.17, 15) is 9.59 Å². The van der Waals surface area contributed by atoms with E-state index in [0.29, 0.717) is 17.5 Å². The zero-order chi connectivity index (χ0) is 24.1. The highest BCUT2D eigenvalue weighted by Crippen LogP contribution is 2.33. The molecule has 0 saturated heterocycles. The molecule has 3 amide bonds. The fraction of sp³-hybridized carbons (Fsp3) is 0.160. The first-order valence-electron chi connectivity index (χ1n) is 10.7. The molecule has 34 heavy (non-hydrogen) atoms. The number of carbonyl (C=O) groups is 2. The lowest BCUT2D eigenvalue weighted by atomic mass is 10.0. The van der Waals surface area contributed by atoms with Crippen LogP contribution in [-0.2, 0) is 11.3 Å². The van der Waals surface area contributed by atoms with Crippen molar-refractivity contribution in [2.75, 3.05) is 12.8 Å². The fourth-order valence-electron chi connectivity index (χ4n) is 3.48. The molecule has 8 nitrogen and oxygen atoms in total. The molecule has 0 spiro atoms. The van der Waals surface area contributed by atoms with E-state index in [-0.39, 0.29) is 5.75 Å². The maximum absolute atomic E-state index is 12.1. The smallest absolute Gasteiger partial charge is 0.321 e. The third-order valence-electron chi connectivity index (χ3n) is 5.15. The van der Waals surface area contributed by atoms with Gasteiger partial charge in [-0.1, -0.05) is 65.9 Å². The highest BCUT2D eigenvalue weighted by Gasteiger charge is 2.19. The largest absolute Gasteiger partial charge is 0.341 e. The molecule has 0 fully saturated rings. The second kappa shape index (κ2) is 10.3. The van der Waals surface area contributed by atoms with Crippen molar-refractivity contribution >= 4 is 34.6 Å². The molecule has 2 N–H and O–H groups in total. The number of aryl methyl sites for hydroxylation is 1. The van der Waals surface area contributed by atoms with Crippen molar-refractivity contribution in [2.24, 2.45) is 0 Å². The molecule has 0 atom stereocenters. The summed E-state index contributed by atoms with van der Waals surface area (Å²) in [4.78, 5) is 28.3. The highest BCUT2D eigenvalue weighted by atomic mass is 32.2. The monoisotopic (exact) mass is 472 g/mol. The number of carbonyl (C=O) groups excluding carboxylic acids is 2. The average Bonchev–Trinajstić information content (AvgIpc) is 3.25. The molecule has 4 aromatic rings. The van der Waals surface area contributed by atoms with Crippen LogP contribution in [0.15, 0.2) is 72.4 Å². The maximum Gasteiger partial charge on any atom is 0.321 e. The molecule has 172 valence electrons. The van der Waals surface area contributed by atoms with Gasteiger partial charge in [-0.05, 0) is 19.1 Å². The second-order valence-electron chi connectivity index (χ2n) is 7.56. The lowest BCUT2D eigenvalue weighted by molar-refractivity contribution is -0.117. The van der Waals surface area contributed by atoms with Crippen molar-refractivity contribution in [3.63, 3.8) is 0 Å². The summed E-state index contributed by atoms with van der Waals surface area (Å²) in [6, 6.07) is 17.6. The Kier molecular flexibility index (Phi) is 7.03. The van der Waals surface area contributed by atoms with Gasteiger partial charge in [-0.2, -0.15) is 0 Å². The van der Waals surface area contributed by atoms with Crippen LogP contribution in [0.25, 0.3) is 33.5 Å². The summed E-state index contributed by atoms with van der Waals surface area (Å²) in [5, 5.41) is 14.9. The van der Waals surface area contributed by atoms with Crippen LogP contribution in [0.1, 0.15) is 5.56 Å². The van der Waals surface area contributed by atoms with Gasteiger partial charge in [0, 0.05) is 30.1 Å². The van der Waals surface area contributed by atoms with Crippen molar-refractivity contribution in [1.29, 1.82) is 0 Å². The molecule has 2 aromatic carbocycles. The summed E-state index contributed by atoms with van der Waals surface area (Å²) in [5.41, 5.74) is 4.76. The predicted molar refractivity (Wildman–Crippen MR) is 134 cm³/mol. The third kappa shape index (κ3) is 4.99. The van der Waals surface area contributed by atoms with E-state index in [4.69, 9.17) is 4.98 Å². The zero-order valence-corrected chi connectivity index (χ0v) is 19.7. The molecule has 9 heteroatoms. The summed E-state index contributed by atoms with van der Waals surface area (Å²) in [7, 11) is 1.45. The van der Waals surface area contributed by atoms with E-state index in [1.54, 1.807) is 6.08 Å². The molecule has 0 saturated carbocycles. The van der Waals surface area contributed by atoms with Gasteiger partial charge >= 0.3 is 6.03 Å². The number of imide groups is 1. The van der Waals surface area contributed by atoms with Gasteiger partial charge in [-0.25, -0.2) is 9.78 Å². The fourth-order valence-corrected chi connectivity index (χ4v) is 4.22. The lowest BCUT2D eigenvalue weighted by Crippen LogP contribution is -2.38. The SMILES string of the molecule is C=CCn1c(SCC(=O)NC(=O)NC)nnc1-c1cc(-c2ccc(C)cc2)nc2ccccc12. The van der Waals surface area contributed by atoms with Crippen LogP contribution in [0.2, 0.25) is 0 Å². The minimum absolute atomic E-state index is 0.0222. The second-order valence-corrected chi connectivity index (χ2v) is 8.50. The minimum atomic E-state index is -0.550. The summed E-state index contributed by atoms with van der Waals surface area (Å²) in [6.45, 7) is 6.37. The van der Waals surface area contributed by atoms with E-state index in [2.05, 4.69) is 58.6 Å². The summed E-state index contributed by atoms with van der Waals surface area (Å²) in [5.74, 6) is 0.255. The van der Waals surface area contributed by atoms with E-state index in [0.717, 1.165) is 27.7 Å². The number of pyridine rings is 1. The van der Waals surface area contributed by atoms with Crippen molar-refractivity contribution in [3.8, 4) is 22.6 Å². The molecular formula is C25H24N6O2S. The van der Waals surface area contributed by atoms with Crippen molar-refractivity contribution in [3.05, 3.63) is 72.8 Å². The number of hydrogen-bond acceptors (Lipinski definition) is 6. The van der Waals surface area contributed by atoms with Crippen molar-refractivity contribution in [1.82, 2.24) is 30.4 Å². The molecule has 0 unspecified atom stereocenters. The molecule has 4 rings (SSSR count). The first-order valence-corrected chi connectivity index (χ1v) is 11.6. The number of fused-ring (bicyclic) bond motifs is 1. The van der Waals surface area contributed by atoms with Crippen LogP contribution in [0.5, 0.6) is 0 Å². The Hall–Kier alpha value is -3.98. The molecule has 0 aliphatic rings. The van der Waals surface area contributed by atoms with Gasteiger partial charge in [-0.3, -0.25) is 14.7 Å². The number of thioether (sulfide) groups is 1. The maximum atomic E-state index is 12.1. The third-order valence-corrected chi connectivity index (χ3v) is 6.11. The van der Waals surface area contributed by atoms with Gasteiger partial charge in [0.1, 0.15) is 0 Å². The number of hydrogen-bond donors (Lipinski definition) is 2. The Morgan fingerprint density at radius 2 is 1.88 bits per heavy atom. The molecule has 0 aliphatic carbocycles. The van der Waals surface area contributed by atoms with Crippen LogP contribution in [0, 0.1) is 6.92 Å². The summed E-state index contributed by atoms with van der Waals surface area (Å²) >= 11 is 1.20. The topological polar surface area (TPSA) is 102 Å². The first kappa shape index (κ1) is 23.2. The van der Waals surface area contributed by atoms with Gasteiger partial charge in [0.25, 0.3) is 0 Å². The van der Waals surface area contributed by atoms with Gasteiger partial charge in [0.2, 0.25) is 5.91 Å². The molecule has 2 aromatic heterocycles. The van der Waals surface area contributed by atoms with E-state index < -0.39 is 11.9 Å². The number of para-hydroxylation sites is 1. The van der Waals surface area contributed by atoms with E-state index >= 15 is 0 Å². The van der Waals surface area contributed by atoms with Crippen molar-refractivity contribution in [2.45, 2.75) is 18.6 Å². The highest BCUT2D eigenvalue weighted by molar-refractivity contribution is 7.99. The standard InChI is InChI=1S/C25H24N6O2S/c1-4-13-31-23(29-30-25(31)34-15-22(32)28-24(33)26-3)19-14-21(17-11-9-16(2)10-12-17)27-20-8-6-5-7-18(19)20/h4-12,14H,1,13,15H2,2-3H3,(H2,26,28,32,33). The van der Waals surface area contributed by atoms with Crippen LogP contribution < -0.4 is 10.6 Å². The number of amides is 3. The van der Waals surface area contributed by atoms with Gasteiger partial charge in [-0.15, -0.1) is 16.8 Å². The van der Waals surface area contributed by atoms with Gasteiger partial charge in [0.05, 0.1) is 17.0 Å². The lowest BCUT2D eigenvalue weighted by Gasteiger charge is -2.12. The first-order chi connectivity index (χ1) is 16.5. The Morgan fingerprint density at radius 3 is 2.62 bits per heavy atom. The average molecular weight is 473 g/mol. The number of aromatic nitrogens is 4. The van der Waals surface area contributed by atoms with Crippen LogP contribution >= 0.6 is 11.8 Å². The quantitative estimate of drug-likeness (QED) is 0.309. The van der Waals surface area contributed by atoms with E-state index in [1.165, 1.54) is 24.4 Å². The Morgan fingerprint density at radius 1 is 1.12 bits per heavy atom. The number of nitrogens with zero attached hydrogens (tertiary/aromatic N) is 4. The molecule has 0 bridgehead atoms. The summed E-state index contributed by atoms with van der Waals surface area (Å²) < 4.78 is 1.91.